The van der Waals surface area contributed by atoms with Crippen molar-refractivity contribution in [3.63, 3.8) is 0 Å². The van der Waals surface area contributed by atoms with E-state index >= 15 is 0 Å². The zero-order valence-corrected chi connectivity index (χ0v) is 21.7. The lowest BCUT2D eigenvalue weighted by Crippen LogP contribution is -2.50. The van der Waals surface area contributed by atoms with Crippen LogP contribution in [0.15, 0.2) is 41.5 Å². The van der Waals surface area contributed by atoms with E-state index in [1.54, 1.807) is 0 Å². The molecule has 2 N–H and O–H groups in total. The van der Waals surface area contributed by atoms with E-state index < -0.39 is 52.4 Å². The molecule has 1 amide bonds. The molecule has 2 saturated carbocycles. The van der Waals surface area contributed by atoms with Crippen molar-refractivity contribution in [1.29, 1.82) is 0 Å². The van der Waals surface area contributed by atoms with Gasteiger partial charge in [-0.05, 0) is 97.0 Å². The molecule has 1 unspecified atom stereocenters. The summed E-state index contributed by atoms with van der Waals surface area (Å²) in [5.74, 6) is -2.71. The summed E-state index contributed by atoms with van der Waals surface area (Å²) >= 11 is 0. The highest BCUT2D eigenvalue weighted by Crippen LogP contribution is 2.65. The Hall–Kier alpha value is -2.78. The molecule has 5 rings (SSSR count). The summed E-state index contributed by atoms with van der Waals surface area (Å²) in [6.45, 7) is 4.32. The molecule has 0 spiro atoms. The second-order valence-electron chi connectivity index (χ2n) is 12.2. The van der Waals surface area contributed by atoms with Gasteiger partial charge in [-0.1, -0.05) is 26.3 Å². The van der Waals surface area contributed by atoms with E-state index in [0.717, 1.165) is 37.7 Å². The number of halogens is 6. The Morgan fingerprint density at radius 2 is 1.72 bits per heavy atom. The summed E-state index contributed by atoms with van der Waals surface area (Å²) in [5, 5.41) is 11.9. The van der Waals surface area contributed by atoms with Crippen molar-refractivity contribution >= 4 is 17.6 Å². The topological polar surface area (TPSA) is 66.4 Å². The minimum Gasteiger partial charge on any atom is -0.478 e. The van der Waals surface area contributed by atoms with Gasteiger partial charge in [-0.2, -0.15) is 26.3 Å². The van der Waals surface area contributed by atoms with Crippen LogP contribution in [0.3, 0.4) is 0 Å². The molecule has 0 heterocycles. The maximum atomic E-state index is 13.6. The highest BCUT2D eigenvalue weighted by molar-refractivity contribution is 6.02. The molecule has 6 atom stereocenters. The Bertz CT molecular complexity index is 1260. The van der Waals surface area contributed by atoms with Crippen molar-refractivity contribution in [3.8, 4) is 0 Å². The van der Waals surface area contributed by atoms with Crippen LogP contribution in [0.1, 0.15) is 69.9 Å². The SMILES string of the molecule is C[C@@]12CCC[C@H]1[C@@H]1CC=C3C=C(C(=O)O)C(C(=O)Nc4cc(C(F)(F)F)ccc4C(F)(F)F)C[C@]3(C)[C@H]1CC2. The van der Waals surface area contributed by atoms with Crippen LogP contribution in [0.4, 0.5) is 32.0 Å². The predicted molar refractivity (Wildman–Crippen MR) is 131 cm³/mol. The van der Waals surface area contributed by atoms with Gasteiger partial charge < -0.3 is 10.4 Å². The fourth-order valence-corrected chi connectivity index (χ4v) is 8.14. The number of nitrogens with one attached hydrogen (secondary N) is 1. The van der Waals surface area contributed by atoms with E-state index in [-0.39, 0.29) is 35.5 Å². The van der Waals surface area contributed by atoms with Crippen LogP contribution in [-0.2, 0) is 21.9 Å². The van der Waals surface area contributed by atoms with Crippen molar-refractivity contribution < 1.29 is 41.0 Å². The third-order valence-corrected chi connectivity index (χ3v) is 10.1. The lowest BCUT2D eigenvalue weighted by atomic mass is 9.48. The van der Waals surface area contributed by atoms with E-state index in [0.29, 0.717) is 17.9 Å². The van der Waals surface area contributed by atoms with Crippen LogP contribution in [-0.4, -0.2) is 17.0 Å². The molecule has 212 valence electrons. The van der Waals surface area contributed by atoms with Crippen molar-refractivity contribution in [3.05, 3.63) is 52.6 Å². The minimum absolute atomic E-state index is 0.0632. The summed E-state index contributed by atoms with van der Waals surface area (Å²) in [5.41, 5.74) is -3.59. The van der Waals surface area contributed by atoms with E-state index in [9.17, 15) is 41.0 Å². The molecule has 4 aliphatic rings. The largest absolute Gasteiger partial charge is 0.478 e. The molecule has 0 saturated heterocycles. The number of carbonyl (C=O) groups is 2. The molecule has 0 aromatic heterocycles. The van der Waals surface area contributed by atoms with Gasteiger partial charge in [0, 0.05) is 5.57 Å². The fraction of sp³-hybridized carbons (Fsp3) is 0.586. The lowest BCUT2D eigenvalue weighted by molar-refractivity contribution is -0.141. The number of carboxylic acids is 1. The molecule has 4 aliphatic carbocycles. The third-order valence-electron chi connectivity index (χ3n) is 10.1. The first kappa shape index (κ1) is 27.8. The molecule has 39 heavy (non-hydrogen) atoms. The van der Waals surface area contributed by atoms with E-state index in [2.05, 4.69) is 13.0 Å². The summed E-state index contributed by atoms with van der Waals surface area (Å²) < 4.78 is 80.8. The highest BCUT2D eigenvalue weighted by atomic mass is 19.4. The molecular formula is C29H31F6NO3. The number of aliphatic carboxylic acids is 1. The zero-order valence-electron chi connectivity index (χ0n) is 21.7. The predicted octanol–water partition coefficient (Wildman–Crippen LogP) is 7.86. The van der Waals surface area contributed by atoms with Gasteiger partial charge in [-0.3, -0.25) is 4.79 Å². The number of amides is 1. The van der Waals surface area contributed by atoms with Gasteiger partial charge in [0.25, 0.3) is 0 Å². The minimum atomic E-state index is -5.03. The Kier molecular flexibility index (Phi) is 6.50. The van der Waals surface area contributed by atoms with Gasteiger partial charge in [0.05, 0.1) is 22.7 Å². The average molecular weight is 556 g/mol. The Morgan fingerprint density at radius 1 is 1.00 bits per heavy atom. The molecule has 1 aromatic rings. The number of hydrogen-bond acceptors (Lipinski definition) is 2. The van der Waals surface area contributed by atoms with Crippen LogP contribution in [0.25, 0.3) is 0 Å². The summed E-state index contributed by atoms with van der Waals surface area (Å²) in [4.78, 5) is 25.6. The summed E-state index contributed by atoms with van der Waals surface area (Å²) in [7, 11) is 0. The van der Waals surface area contributed by atoms with Gasteiger partial charge in [-0.25, -0.2) is 4.79 Å². The van der Waals surface area contributed by atoms with Crippen LogP contribution < -0.4 is 5.32 Å². The number of allylic oxidation sites excluding steroid dienone is 3. The van der Waals surface area contributed by atoms with Gasteiger partial charge in [0.1, 0.15) is 0 Å². The Morgan fingerprint density at radius 3 is 2.36 bits per heavy atom. The van der Waals surface area contributed by atoms with E-state index in [4.69, 9.17) is 0 Å². The van der Waals surface area contributed by atoms with E-state index in [1.807, 2.05) is 12.2 Å². The van der Waals surface area contributed by atoms with Crippen LogP contribution in [0.5, 0.6) is 0 Å². The van der Waals surface area contributed by atoms with Crippen molar-refractivity contribution in [2.75, 3.05) is 5.32 Å². The fourth-order valence-electron chi connectivity index (χ4n) is 8.14. The maximum Gasteiger partial charge on any atom is 0.418 e. The first-order valence-corrected chi connectivity index (χ1v) is 13.3. The molecule has 4 nitrogen and oxygen atoms in total. The Labute approximate surface area is 222 Å². The second-order valence-corrected chi connectivity index (χ2v) is 12.2. The monoisotopic (exact) mass is 555 g/mol. The molecule has 2 fully saturated rings. The number of rotatable bonds is 3. The number of carboxylic acid groups (broad SMARTS) is 1. The number of carbonyl (C=O) groups excluding carboxylic acids is 1. The summed E-state index contributed by atoms with van der Waals surface area (Å²) in [6.07, 6.45) is -0.196. The normalized spacial score (nSPS) is 34.3. The van der Waals surface area contributed by atoms with Crippen LogP contribution in [0.2, 0.25) is 0 Å². The molecule has 0 radical (unpaired) electrons. The highest BCUT2D eigenvalue weighted by Gasteiger charge is 2.57. The van der Waals surface area contributed by atoms with Gasteiger partial charge in [0.15, 0.2) is 0 Å². The average Bonchev–Trinajstić information content (AvgIpc) is 3.23. The lowest BCUT2D eigenvalue weighted by Gasteiger charge is -2.56. The number of hydrogen-bond donors (Lipinski definition) is 2. The van der Waals surface area contributed by atoms with Crippen LogP contribution in [0, 0.1) is 34.5 Å². The van der Waals surface area contributed by atoms with Gasteiger partial charge in [0.2, 0.25) is 5.91 Å². The zero-order chi connectivity index (χ0) is 28.5. The standard InChI is InChI=1S/C29H31F6NO3/c1-26-10-3-4-20(26)17-7-5-15-12-18(25(38)39)19(14-27(15,2)21(17)9-11-26)24(37)36-23-13-16(28(30,31)32)6-8-22(23)29(33,34)35/h5-6,8,12-13,17,19-21H,3-4,7,9-11,14H2,1-2H3,(H,36,37)(H,38,39)/t17-,19?,20-,21-,26-,27-/m0/s1. The molecular weight excluding hydrogens is 524 g/mol. The van der Waals surface area contributed by atoms with Gasteiger partial charge in [-0.15, -0.1) is 0 Å². The number of anilines is 1. The van der Waals surface area contributed by atoms with Crippen molar-refractivity contribution in [1.82, 2.24) is 0 Å². The number of alkyl halides is 6. The molecule has 10 heteroatoms. The first-order chi connectivity index (χ1) is 18.0. The number of fused-ring (bicyclic) bond motifs is 5. The van der Waals surface area contributed by atoms with Crippen LogP contribution >= 0.6 is 0 Å². The third kappa shape index (κ3) is 4.67. The molecule has 1 aromatic carbocycles. The smallest absolute Gasteiger partial charge is 0.418 e. The second kappa shape index (κ2) is 9.13. The van der Waals surface area contributed by atoms with Crippen molar-refractivity contribution in [2.45, 2.75) is 71.1 Å². The first-order valence-electron chi connectivity index (χ1n) is 13.3. The quantitative estimate of drug-likeness (QED) is 0.373. The Balaban J connectivity index is 1.50. The maximum absolute atomic E-state index is 13.6. The van der Waals surface area contributed by atoms with E-state index in [1.165, 1.54) is 12.5 Å². The number of benzene rings is 1. The summed E-state index contributed by atoms with van der Waals surface area (Å²) in [6, 6.07) is 0.836. The molecule has 0 bridgehead atoms. The van der Waals surface area contributed by atoms with Crippen molar-refractivity contribution in [2.24, 2.45) is 34.5 Å². The van der Waals surface area contributed by atoms with Gasteiger partial charge >= 0.3 is 18.3 Å². The molecule has 0 aliphatic heterocycles.